The largest absolute Gasteiger partial charge is 0.480 e. The maximum absolute atomic E-state index is 12.5. The molecule has 0 aliphatic carbocycles. The van der Waals surface area contributed by atoms with E-state index in [1.807, 2.05) is 13.8 Å². The maximum Gasteiger partial charge on any atom is 0.416 e. The minimum atomic E-state index is -4.43. The van der Waals surface area contributed by atoms with Crippen LogP contribution in [0, 0.1) is 5.92 Å². The molecule has 122 valence electrons. The molecule has 0 bridgehead atoms. The lowest BCUT2D eigenvalue weighted by Gasteiger charge is -2.16. The molecule has 0 aliphatic rings. The van der Waals surface area contributed by atoms with Gasteiger partial charge in [0.05, 0.1) is 5.56 Å². The van der Waals surface area contributed by atoms with Gasteiger partial charge in [-0.3, -0.25) is 4.79 Å². The number of amides is 1. The van der Waals surface area contributed by atoms with Crippen LogP contribution in [-0.2, 0) is 22.2 Å². The Kier molecular flexibility index (Phi) is 5.96. The molecule has 1 aromatic carbocycles. The molecule has 0 aromatic heterocycles. The smallest absolute Gasteiger partial charge is 0.416 e. The van der Waals surface area contributed by atoms with E-state index < -0.39 is 29.7 Å². The van der Waals surface area contributed by atoms with Crippen molar-refractivity contribution in [2.45, 2.75) is 38.9 Å². The van der Waals surface area contributed by atoms with E-state index in [1.165, 1.54) is 12.1 Å². The lowest BCUT2D eigenvalue weighted by atomic mass is 10.0. The first-order valence-electron chi connectivity index (χ1n) is 6.78. The molecule has 0 radical (unpaired) electrons. The topological polar surface area (TPSA) is 66.4 Å². The standard InChI is InChI=1S/C15H18F3NO3/c1-9(2)7-13(20)19-12(14(21)22)8-10-3-5-11(6-4-10)15(16,17)18/h3-6,9,12H,7-8H2,1-2H3,(H,19,20)(H,21,22)/t12-/m0/s1. The van der Waals surface area contributed by atoms with Crippen LogP contribution < -0.4 is 5.32 Å². The van der Waals surface area contributed by atoms with Crippen molar-refractivity contribution in [3.63, 3.8) is 0 Å². The highest BCUT2D eigenvalue weighted by atomic mass is 19.4. The minimum Gasteiger partial charge on any atom is -0.480 e. The third kappa shape index (κ3) is 5.75. The molecule has 4 nitrogen and oxygen atoms in total. The SMILES string of the molecule is CC(C)CC(=O)N[C@@H](Cc1ccc(C(F)(F)F)cc1)C(=O)O. The fraction of sp³-hybridized carbons (Fsp3) is 0.467. The van der Waals surface area contributed by atoms with E-state index in [4.69, 9.17) is 5.11 Å². The van der Waals surface area contributed by atoms with Crippen LogP contribution in [0.3, 0.4) is 0 Å². The average Bonchev–Trinajstić information content (AvgIpc) is 2.36. The van der Waals surface area contributed by atoms with Crippen LogP contribution in [0.2, 0.25) is 0 Å². The lowest BCUT2D eigenvalue weighted by molar-refractivity contribution is -0.142. The van der Waals surface area contributed by atoms with E-state index in [1.54, 1.807) is 0 Å². The number of aliphatic carboxylic acids is 1. The number of halogens is 3. The van der Waals surface area contributed by atoms with Gasteiger partial charge in [-0.2, -0.15) is 13.2 Å². The number of hydrogen-bond donors (Lipinski definition) is 2. The fourth-order valence-corrected chi connectivity index (χ4v) is 1.89. The van der Waals surface area contributed by atoms with Gasteiger partial charge in [0.2, 0.25) is 5.91 Å². The number of rotatable bonds is 6. The molecule has 0 saturated heterocycles. The first kappa shape index (κ1) is 18.0. The van der Waals surface area contributed by atoms with Crippen LogP contribution in [0.15, 0.2) is 24.3 Å². The Morgan fingerprint density at radius 3 is 2.14 bits per heavy atom. The Balaban J connectivity index is 2.75. The summed E-state index contributed by atoms with van der Waals surface area (Å²) in [5.74, 6) is -1.54. The van der Waals surface area contributed by atoms with Crippen molar-refractivity contribution in [3.8, 4) is 0 Å². The molecule has 1 amide bonds. The molecule has 2 N–H and O–H groups in total. The van der Waals surface area contributed by atoms with Gasteiger partial charge in [0.25, 0.3) is 0 Å². The zero-order valence-corrected chi connectivity index (χ0v) is 12.3. The summed E-state index contributed by atoms with van der Waals surface area (Å²) in [6, 6.07) is 3.05. The molecular formula is C15H18F3NO3. The third-order valence-electron chi connectivity index (χ3n) is 2.95. The van der Waals surface area contributed by atoms with Gasteiger partial charge in [-0.25, -0.2) is 4.79 Å². The van der Waals surface area contributed by atoms with Crippen LogP contribution in [0.5, 0.6) is 0 Å². The fourth-order valence-electron chi connectivity index (χ4n) is 1.89. The number of carbonyl (C=O) groups is 2. The first-order valence-corrected chi connectivity index (χ1v) is 6.78. The number of carboxylic acid groups (broad SMARTS) is 1. The van der Waals surface area contributed by atoms with E-state index in [0.29, 0.717) is 5.56 Å². The molecule has 1 rings (SSSR count). The highest BCUT2D eigenvalue weighted by Crippen LogP contribution is 2.29. The van der Waals surface area contributed by atoms with E-state index in [2.05, 4.69) is 5.32 Å². The van der Waals surface area contributed by atoms with E-state index >= 15 is 0 Å². The van der Waals surface area contributed by atoms with E-state index in [9.17, 15) is 22.8 Å². The van der Waals surface area contributed by atoms with Crippen LogP contribution in [0.25, 0.3) is 0 Å². The van der Waals surface area contributed by atoms with Crippen molar-refractivity contribution in [1.82, 2.24) is 5.32 Å². The highest BCUT2D eigenvalue weighted by Gasteiger charge is 2.30. The van der Waals surface area contributed by atoms with Crippen LogP contribution in [-0.4, -0.2) is 23.0 Å². The summed E-state index contributed by atoms with van der Waals surface area (Å²) in [5.41, 5.74) is -0.391. The van der Waals surface area contributed by atoms with E-state index in [0.717, 1.165) is 12.1 Å². The molecule has 0 aliphatic heterocycles. The number of nitrogens with one attached hydrogen (secondary N) is 1. The van der Waals surface area contributed by atoms with Crippen molar-refractivity contribution in [2.24, 2.45) is 5.92 Å². The molecule has 0 unspecified atom stereocenters. The number of benzene rings is 1. The van der Waals surface area contributed by atoms with Gasteiger partial charge in [0.1, 0.15) is 6.04 Å². The van der Waals surface area contributed by atoms with Crippen LogP contribution in [0.1, 0.15) is 31.4 Å². The Bertz CT molecular complexity index is 524. The minimum absolute atomic E-state index is 0.0721. The number of hydrogen-bond acceptors (Lipinski definition) is 2. The summed E-state index contributed by atoms with van der Waals surface area (Å²) in [6.45, 7) is 3.65. The van der Waals surface area contributed by atoms with Gasteiger partial charge in [0.15, 0.2) is 0 Å². The Morgan fingerprint density at radius 1 is 1.18 bits per heavy atom. The van der Waals surface area contributed by atoms with Gasteiger partial charge >= 0.3 is 12.1 Å². The zero-order valence-electron chi connectivity index (χ0n) is 12.3. The third-order valence-corrected chi connectivity index (χ3v) is 2.95. The summed E-state index contributed by atoms with van der Waals surface area (Å²) in [4.78, 5) is 22.8. The average molecular weight is 317 g/mol. The van der Waals surface area contributed by atoms with Crippen LogP contribution >= 0.6 is 0 Å². The van der Waals surface area contributed by atoms with Crippen molar-refractivity contribution < 1.29 is 27.9 Å². The van der Waals surface area contributed by atoms with Crippen LogP contribution in [0.4, 0.5) is 13.2 Å². The van der Waals surface area contributed by atoms with Gasteiger partial charge in [-0.15, -0.1) is 0 Å². The predicted molar refractivity (Wildman–Crippen MR) is 74.2 cm³/mol. The van der Waals surface area contributed by atoms with Crippen molar-refractivity contribution in [3.05, 3.63) is 35.4 Å². The normalized spacial score (nSPS) is 13.0. The van der Waals surface area contributed by atoms with Crippen molar-refractivity contribution >= 4 is 11.9 Å². The molecule has 0 heterocycles. The molecule has 1 aromatic rings. The van der Waals surface area contributed by atoms with Crippen molar-refractivity contribution in [1.29, 1.82) is 0 Å². The molecule has 1 atom stereocenters. The summed E-state index contributed by atoms with van der Waals surface area (Å²) < 4.78 is 37.4. The first-order chi connectivity index (χ1) is 10.1. The Hall–Kier alpha value is -2.05. The van der Waals surface area contributed by atoms with Gasteiger partial charge in [-0.1, -0.05) is 26.0 Å². The Labute approximate surface area is 126 Å². The number of alkyl halides is 3. The molecule has 0 fully saturated rings. The second kappa shape index (κ2) is 7.29. The predicted octanol–water partition coefficient (Wildman–Crippen LogP) is 2.86. The van der Waals surface area contributed by atoms with Crippen molar-refractivity contribution in [2.75, 3.05) is 0 Å². The molecular weight excluding hydrogens is 299 g/mol. The molecule has 0 spiro atoms. The van der Waals surface area contributed by atoms with E-state index in [-0.39, 0.29) is 18.8 Å². The summed E-state index contributed by atoms with van der Waals surface area (Å²) >= 11 is 0. The second-order valence-electron chi connectivity index (χ2n) is 5.46. The lowest BCUT2D eigenvalue weighted by Crippen LogP contribution is -2.42. The monoisotopic (exact) mass is 317 g/mol. The molecule has 22 heavy (non-hydrogen) atoms. The van der Waals surface area contributed by atoms with Gasteiger partial charge in [0, 0.05) is 12.8 Å². The summed E-state index contributed by atoms with van der Waals surface area (Å²) in [5, 5.41) is 11.5. The summed E-state index contributed by atoms with van der Waals surface area (Å²) in [7, 11) is 0. The number of carbonyl (C=O) groups excluding carboxylic acids is 1. The van der Waals surface area contributed by atoms with Gasteiger partial charge in [-0.05, 0) is 23.6 Å². The quantitative estimate of drug-likeness (QED) is 0.848. The second-order valence-corrected chi connectivity index (χ2v) is 5.46. The van der Waals surface area contributed by atoms with Gasteiger partial charge < -0.3 is 10.4 Å². The highest BCUT2D eigenvalue weighted by molar-refractivity contribution is 5.83. The number of carboxylic acids is 1. The maximum atomic E-state index is 12.5. The summed E-state index contributed by atoms with van der Waals surface area (Å²) in [6.07, 6.45) is -4.32. The zero-order chi connectivity index (χ0) is 16.9. The Morgan fingerprint density at radius 2 is 1.73 bits per heavy atom. The molecule has 7 heteroatoms. The molecule has 0 saturated carbocycles.